The summed E-state index contributed by atoms with van der Waals surface area (Å²) in [6, 6.07) is 11.0. The fourth-order valence-corrected chi connectivity index (χ4v) is 2.01. The van der Waals surface area contributed by atoms with Gasteiger partial charge in [-0.05, 0) is 36.8 Å². The number of hydrogen-bond donors (Lipinski definition) is 3. The Hall–Kier alpha value is -2.56. The number of halogens is 1. The number of amides is 1. The molecule has 0 aromatic heterocycles. The first-order valence-electron chi connectivity index (χ1n) is 6.19. The molecule has 0 aliphatic rings. The van der Waals surface area contributed by atoms with Gasteiger partial charge in [-0.15, -0.1) is 0 Å². The van der Waals surface area contributed by atoms with E-state index in [-0.39, 0.29) is 11.9 Å². The van der Waals surface area contributed by atoms with Crippen molar-refractivity contribution in [3.05, 3.63) is 59.4 Å². The second-order valence-electron chi connectivity index (χ2n) is 4.56. The maximum absolute atomic E-state index is 13.2. The molecule has 0 spiro atoms. The van der Waals surface area contributed by atoms with Gasteiger partial charge in [-0.3, -0.25) is 4.79 Å². The molecule has 2 rings (SSSR count). The van der Waals surface area contributed by atoms with Crippen LogP contribution in [0.2, 0.25) is 0 Å². The Morgan fingerprint density at radius 2 is 1.95 bits per heavy atom. The van der Waals surface area contributed by atoms with Crippen LogP contribution in [0.5, 0.6) is 0 Å². The van der Waals surface area contributed by atoms with Gasteiger partial charge >= 0.3 is 0 Å². The number of primary amides is 1. The molecule has 20 heavy (non-hydrogen) atoms. The molecule has 0 heterocycles. The van der Waals surface area contributed by atoms with Gasteiger partial charge in [-0.25, -0.2) is 4.39 Å². The average molecular weight is 273 g/mol. The fourth-order valence-electron chi connectivity index (χ4n) is 2.01. The SMILES string of the molecule is CC(Nc1c(N)cccc1C(N)=O)c1cccc(F)c1. The smallest absolute Gasteiger partial charge is 0.250 e. The molecule has 2 aromatic carbocycles. The van der Waals surface area contributed by atoms with Crippen molar-refractivity contribution >= 4 is 17.3 Å². The predicted octanol–water partition coefficient (Wildman–Crippen LogP) is 2.68. The molecule has 0 saturated heterocycles. The number of para-hydroxylation sites is 1. The standard InChI is InChI=1S/C15H16FN3O/c1-9(10-4-2-5-11(16)8-10)19-14-12(15(18)20)6-3-7-13(14)17/h2-9,19H,17H2,1H3,(H2,18,20). The number of anilines is 2. The van der Waals surface area contributed by atoms with Gasteiger partial charge in [-0.2, -0.15) is 0 Å². The minimum Gasteiger partial charge on any atom is -0.397 e. The van der Waals surface area contributed by atoms with Crippen LogP contribution in [0.15, 0.2) is 42.5 Å². The van der Waals surface area contributed by atoms with E-state index in [9.17, 15) is 9.18 Å². The zero-order valence-corrected chi connectivity index (χ0v) is 11.1. The van der Waals surface area contributed by atoms with Gasteiger partial charge in [-0.1, -0.05) is 18.2 Å². The molecule has 5 N–H and O–H groups in total. The minimum atomic E-state index is -0.564. The molecule has 0 aliphatic carbocycles. The Labute approximate surface area is 116 Å². The molecular formula is C15H16FN3O. The predicted molar refractivity (Wildman–Crippen MR) is 77.8 cm³/mol. The summed E-state index contributed by atoms with van der Waals surface area (Å²) in [6.45, 7) is 1.85. The number of nitrogens with two attached hydrogens (primary N) is 2. The lowest BCUT2D eigenvalue weighted by molar-refractivity contribution is 0.100. The molecule has 0 radical (unpaired) electrons. The van der Waals surface area contributed by atoms with Crippen LogP contribution < -0.4 is 16.8 Å². The normalized spacial score (nSPS) is 11.9. The second-order valence-corrected chi connectivity index (χ2v) is 4.56. The second kappa shape index (κ2) is 5.61. The van der Waals surface area contributed by atoms with E-state index in [1.165, 1.54) is 12.1 Å². The monoisotopic (exact) mass is 273 g/mol. The third-order valence-electron chi connectivity index (χ3n) is 3.07. The summed E-state index contributed by atoms with van der Waals surface area (Å²) >= 11 is 0. The molecular weight excluding hydrogens is 257 g/mol. The Morgan fingerprint density at radius 1 is 1.25 bits per heavy atom. The summed E-state index contributed by atoms with van der Waals surface area (Å²) in [7, 11) is 0. The summed E-state index contributed by atoms with van der Waals surface area (Å²) in [5.74, 6) is -0.876. The van der Waals surface area contributed by atoms with Crippen LogP contribution in [0.4, 0.5) is 15.8 Å². The molecule has 0 aliphatic heterocycles. The fraction of sp³-hybridized carbons (Fsp3) is 0.133. The quantitative estimate of drug-likeness (QED) is 0.749. The third kappa shape index (κ3) is 2.88. The number of benzene rings is 2. The van der Waals surface area contributed by atoms with Gasteiger partial charge in [0.1, 0.15) is 5.82 Å². The highest BCUT2D eigenvalue weighted by molar-refractivity contribution is 6.01. The van der Waals surface area contributed by atoms with E-state index >= 15 is 0 Å². The molecule has 0 fully saturated rings. The lowest BCUT2D eigenvalue weighted by Gasteiger charge is -2.19. The Balaban J connectivity index is 2.32. The van der Waals surface area contributed by atoms with E-state index in [4.69, 9.17) is 11.5 Å². The van der Waals surface area contributed by atoms with E-state index < -0.39 is 5.91 Å². The zero-order valence-electron chi connectivity index (χ0n) is 11.1. The van der Waals surface area contributed by atoms with Crippen molar-refractivity contribution in [2.45, 2.75) is 13.0 Å². The van der Waals surface area contributed by atoms with Crippen molar-refractivity contribution in [3.63, 3.8) is 0 Å². The Bertz CT molecular complexity index is 643. The Kier molecular flexibility index (Phi) is 3.89. The van der Waals surface area contributed by atoms with Crippen molar-refractivity contribution in [2.75, 3.05) is 11.1 Å². The average Bonchev–Trinajstić information content (AvgIpc) is 2.40. The first-order valence-corrected chi connectivity index (χ1v) is 6.19. The topological polar surface area (TPSA) is 81.1 Å². The Morgan fingerprint density at radius 3 is 2.60 bits per heavy atom. The number of nitrogen functional groups attached to an aromatic ring is 1. The molecule has 0 bridgehead atoms. The van der Waals surface area contributed by atoms with Gasteiger partial charge in [0.15, 0.2) is 0 Å². The van der Waals surface area contributed by atoms with Crippen LogP contribution in [-0.4, -0.2) is 5.91 Å². The van der Waals surface area contributed by atoms with E-state index in [1.807, 2.05) is 6.92 Å². The summed E-state index contributed by atoms with van der Waals surface area (Å²) < 4.78 is 13.2. The van der Waals surface area contributed by atoms with Crippen LogP contribution in [0.3, 0.4) is 0 Å². The van der Waals surface area contributed by atoms with Crippen LogP contribution in [0.25, 0.3) is 0 Å². The number of carbonyl (C=O) groups is 1. The van der Waals surface area contributed by atoms with Gasteiger partial charge < -0.3 is 16.8 Å². The third-order valence-corrected chi connectivity index (χ3v) is 3.07. The van der Waals surface area contributed by atoms with E-state index in [1.54, 1.807) is 30.3 Å². The van der Waals surface area contributed by atoms with Crippen LogP contribution >= 0.6 is 0 Å². The molecule has 2 aromatic rings. The lowest BCUT2D eigenvalue weighted by atomic mass is 10.1. The number of hydrogen-bond acceptors (Lipinski definition) is 3. The van der Waals surface area contributed by atoms with Crippen molar-refractivity contribution in [2.24, 2.45) is 5.73 Å². The maximum Gasteiger partial charge on any atom is 0.250 e. The molecule has 5 heteroatoms. The molecule has 104 valence electrons. The highest BCUT2D eigenvalue weighted by Gasteiger charge is 2.14. The number of rotatable bonds is 4. The van der Waals surface area contributed by atoms with Gasteiger partial charge in [0.05, 0.1) is 16.9 Å². The summed E-state index contributed by atoms with van der Waals surface area (Å²) in [6.07, 6.45) is 0. The van der Waals surface area contributed by atoms with Crippen molar-refractivity contribution in [1.29, 1.82) is 0 Å². The van der Waals surface area contributed by atoms with Crippen LogP contribution in [0, 0.1) is 5.82 Å². The summed E-state index contributed by atoms with van der Waals surface area (Å²) in [4.78, 5) is 11.4. The largest absolute Gasteiger partial charge is 0.397 e. The van der Waals surface area contributed by atoms with Crippen molar-refractivity contribution in [3.8, 4) is 0 Å². The van der Waals surface area contributed by atoms with Crippen molar-refractivity contribution in [1.82, 2.24) is 0 Å². The van der Waals surface area contributed by atoms with Gasteiger partial charge in [0.2, 0.25) is 0 Å². The van der Waals surface area contributed by atoms with Crippen LogP contribution in [-0.2, 0) is 0 Å². The first-order chi connectivity index (χ1) is 9.49. The maximum atomic E-state index is 13.2. The van der Waals surface area contributed by atoms with Crippen molar-refractivity contribution < 1.29 is 9.18 Å². The minimum absolute atomic E-state index is 0.214. The molecule has 1 amide bonds. The highest BCUT2D eigenvalue weighted by atomic mass is 19.1. The summed E-state index contributed by atoms with van der Waals surface area (Å²) in [5, 5.41) is 3.11. The summed E-state index contributed by atoms with van der Waals surface area (Å²) in [5.41, 5.74) is 13.2. The zero-order chi connectivity index (χ0) is 14.7. The highest BCUT2D eigenvalue weighted by Crippen LogP contribution is 2.28. The first kappa shape index (κ1) is 13.9. The van der Waals surface area contributed by atoms with E-state index in [0.717, 1.165) is 5.56 Å². The van der Waals surface area contributed by atoms with E-state index in [2.05, 4.69) is 5.32 Å². The lowest BCUT2D eigenvalue weighted by Crippen LogP contribution is -2.17. The van der Waals surface area contributed by atoms with Gasteiger partial charge in [0, 0.05) is 6.04 Å². The molecule has 4 nitrogen and oxygen atoms in total. The van der Waals surface area contributed by atoms with E-state index in [0.29, 0.717) is 16.9 Å². The number of carbonyl (C=O) groups excluding carboxylic acids is 1. The number of nitrogens with one attached hydrogen (secondary N) is 1. The molecule has 1 atom stereocenters. The molecule has 0 saturated carbocycles. The van der Waals surface area contributed by atoms with Crippen LogP contribution in [0.1, 0.15) is 28.9 Å². The molecule has 1 unspecified atom stereocenters. The van der Waals surface area contributed by atoms with Gasteiger partial charge in [0.25, 0.3) is 5.91 Å².